The van der Waals surface area contributed by atoms with Crippen LogP contribution in [0.2, 0.25) is 0 Å². The van der Waals surface area contributed by atoms with Crippen molar-refractivity contribution in [3.63, 3.8) is 0 Å². The van der Waals surface area contributed by atoms with Crippen LogP contribution in [0.1, 0.15) is 28.2 Å². The number of benzene rings is 1. The average molecular weight is 334 g/mol. The van der Waals surface area contributed by atoms with Crippen LogP contribution in [-0.4, -0.2) is 51.7 Å². The predicted molar refractivity (Wildman–Crippen MR) is 85.8 cm³/mol. The lowest BCUT2D eigenvalue weighted by Crippen LogP contribution is -2.48. The molecule has 1 aliphatic rings. The summed E-state index contributed by atoms with van der Waals surface area (Å²) in [6.07, 6.45) is 1.13. The topological polar surface area (TPSA) is 41.4 Å². The molecular weight excluding hydrogens is 314 g/mol. The minimum Gasteiger partial charge on any atom is -0.335 e. The zero-order valence-corrected chi connectivity index (χ0v) is 13.5. The van der Waals surface area contributed by atoms with Gasteiger partial charge < -0.3 is 4.90 Å². The van der Waals surface area contributed by atoms with E-state index in [4.69, 9.17) is 0 Å². The fraction of sp³-hybridized carbons (Fsp3) is 0.412. The fourth-order valence-corrected chi connectivity index (χ4v) is 2.86. The van der Waals surface area contributed by atoms with Crippen LogP contribution in [0.4, 0.5) is 8.78 Å². The highest BCUT2D eigenvalue weighted by molar-refractivity contribution is 5.92. The minimum atomic E-state index is -2.72. The molecule has 1 aliphatic heterocycles. The van der Waals surface area contributed by atoms with Crippen LogP contribution < -0.4 is 0 Å². The SMILES string of the molecule is Cc1ccccc1CN1CCN(C(=O)c2ccn(C(F)F)n2)CC1. The van der Waals surface area contributed by atoms with E-state index in [1.807, 2.05) is 12.1 Å². The van der Waals surface area contributed by atoms with Crippen molar-refractivity contribution in [3.05, 3.63) is 53.3 Å². The summed E-state index contributed by atoms with van der Waals surface area (Å²) in [4.78, 5) is 16.3. The summed E-state index contributed by atoms with van der Waals surface area (Å²) in [5.41, 5.74) is 2.61. The Labute approximate surface area is 139 Å². The number of nitrogens with zero attached hydrogens (tertiary/aromatic N) is 4. The van der Waals surface area contributed by atoms with E-state index < -0.39 is 6.55 Å². The number of hydrogen-bond acceptors (Lipinski definition) is 3. The van der Waals surface area contributed by atoms with E-state index in [0.29, 0.717) is 17.8 Å². The number of rotatable bonds is 4. The molecule has 7 heteroatoms. The maximum absolute atomic E-state index is 12.5. The van der Waals surface area contributed by atoms with Gasteiger partial charge in [-0.15, -0.1) is 0 Å². The lowest BCUT2D eigenvalue weighted by atomic mass is 10.1. The molecule has 5 nitrogen and oxygen atoms in total. The molecule has 128 valence electrons. The molecule has 1 aromatic carbocycles. The third-order valence-corrected chi connectivity index (χ3v) is 4.34. The molecule has 1 fully saturated rings. The van der Waals surface area contributed by atoms with Gasteiger partial charge in [0.15, 0.2) is 5.69 Å². The van der Waals surface area contributed by atoms with E-state index in [-0.39, 0.29) is 11.6 Å². The van der Waals surface area contributed by atoms with Crippen LogP contribution in [0.5, 0.6) is 0 Å². The normalized spacial score (nSPS) is 15.9. The molecule has 3 rings (SSSR count). The number of alkyl halides is 2. The van der Waals surface area contributed by atoms with Gasteiger partial charge in [-0.05, 0) is 24.1 Å². The first-order valence-electron chi connectivity index (χ1n) is 7.94. The quantitative estimate of drug-likeness (QED) is 0.863. The summed E-state index contributed by atoms with van der Waals surface area (Å²) >= 11 is 0. The lowest BCUT2D eigenvalue weighted by Gasteiger charge is -2.34. The van der Waals surface area contributed by atoms with Crippen LogP contribution in [0.25, 0.3) is 0 Å². The number of aromatic nitrogens is 2. The second-order valence-electron chi connectivity index (χ2n) is 5.95. The number of hydrogen-bond donors (Lipinski definition) is 0. The van der Waals surface area contributed by atoms with Gasteiger partial charge in [0.25, 0.3) is 5.91 Å². The number of aryl methyl sites for hydroxylation is 1. The molecule has 0 spiro atoms. The van der Waals surface area contributed by atoms with Crippen LogP contribution in [0.15, 0.2) is 36.5 Å². The summed E-state index contributed by atoms with van der Waals surface area (Å²) < 4.78 is 25.6. The van der Waals surface area contributed by atoms with Crippen molar-refractivity contribution in [2.75, 3.05) is 26.2 Å². The highest BCUT2D eigenvalue weighted by Gasteiger charge is 2.24. The highest BCUT2D eigenvalue weighted by Crippen LogP contribution is 2.14. The molecule has 0 bridgehead atoms. The Kier molecular flexibility index (Phi) is 4.89. The van der Waals surface area contributed by atoms with Crippen LogP contribution in [-0.2, 0) is 6.54 Å². The summed E-state index contributed by atoms with van der Waals surface area (Å²) in [7, 11) is 0. The van der Waals surface area contributed by atoms with Gasteiger partial charge in [0.05, 0.1) is 0 Å². The third-order valence-electron chi connectivity index (χ3n) is 4.34. The molecule has 2 heterocycles. The molecule has 0 unspecified atom stereocenters. The maximum Gasteiger partial charge on any atom is 0.333 e. The Morgan fingerprint density at radius 3 is 2.50 bits per heavy atom. The van der Waals surface area contributed by atoms with Crippen LogP contribution >= 0.6 is 0 Å². The predicted octanol–water partition coefficient (Wildman–Crippen LogP) is 2.54. The summed E-state index contributed by atoms with van der Waals surface area (Å²) in [5.74, 6) is -0.287. The fourth-order valence-electron chi connectivity index (χ4n) is 2.86. The monoisotopic (exact) mass is 334 g/mol. The van der Waals surface area contributed by atoms with Crippen molar-refractivity contribution in [3.8, 4) is 0 Å². The number of carbonyl (C=O) groups excluding carboxylic acids is 1. The first kappa shape index (κ1) is 16.6. The van der Waals surface area contributed by atoms with Gasteiger partial charge >= 0.3 is 6.55 Å². The largest absolute Gasteiger partial charge is 0.335 e. The minimum absolute atomic E-state index is 0.0719. The zero-order valence-electron chi connectivity index (χ0n) is 13.5. The number of amides is 1. The van der Waals surface area contributed by atoms with Crippen molar-refractivity contribution in [2.45, 2.75) is 20.0 Å². The van der Waals surface area contributed by atoms with E-state index in [1.165, 1.54) is 17.2 Å². The smallest absolute Gasteiger partial charge is 0.333 e. The van der Waals surface area contributed by atoms with E-state index in [0.717, 1.165) is 25.8 Å². The third kappa shape index (κ3) is 3.62. The Hall–Kier alpha value is -2.28. The standard InChI is InChI=1S/C17H20F2N4O/c1-13-4-2-3-5-14(13)12-21-8-10-22(11-9-21)16(24)15-6-7-23(20-15)17(18)19/h2-7,17H,8-12H2,1H3. The van der Waals surface area contributed by atoms with Gasteiger partial charge in [-0.2, -0.15) is 13.9 Å². The van der Waals surface area contributed by atoms with Crippen molar-refractivity contribution < 1.29 is 13.6 Å². The van der Waals surface area contributed by atoms with Crippen molar-refractivity contribution >= 4 is 5.91 Å². The van der Waals surface area contributed by atoms with Crippen LogP contribution in [0, 0.1) is 6.92 Å². The van der Waals surface area contributed by atoms with Gasteiger partial charge in [-0.3, -0.25) is 9.69 Å². The van der Waals surface area contributed by atoms with Gasteiger partial charge in [0.2, 0.25) is 0 Å². The van der Waals surface area contributed by atoms with Crippen molar-refractivity contribution in [1.82, 2.24) is 19.6 Å². The van der Waals surface area contributed by atoms with Crippen molar-refractivity contribution in [2.24, 2.45) is 0 Å². The first-order chi connectivity index (χ1) is 11.5. The Morgan fingerprint density at radius 2 is 1.88 bits per heavy atom. The molecule has 2 aromatic rings. The summed E-state index contributed by atoms with van der Waals surface area (Å²) in [6.45, 7) is 2.89. The molecule has 24 heavy (non-hydrogen) atoms. The number of piperazine rings is 1. The Balaban J connectivity index is 1.56. The molecule has 0 radical (unpaired) electrons. The van der Waals surface area contributed by atoms with Gasteiger partial charge in [0, 0.05) is 38.9 Å². The van der Waals surface area contributed by atoms with Crippen LogP contribution in [0.3, 0.4) is 0 Å². The van der Waals surface area contributed by atoms with E-state index in [9.17, 15) is 13.6 Å². The molecule has 0 atom stereocenters. The molecule has 1 amide bonds. The van der Waals surface area contributed by atoms with Gasteiger partial charge in [-0.25, -0.2) is 4.68 Å². The summed E-state index contributed by atoms with van der Waals surface area (Å²) in [6, 6.07) is 9.60. The maximum atomic E-state index is 12.5. The van der Waals surface area contributed by atoms with E-state index in [2.05, 4.69) is 29.1 Å². The van der Waals surface area contributed by atoms with Gasteiger partial charge in [-0.1, -0.05) is 24.3 Å². The second kappa shape index (κ2) is 7.09. The first-order valence-corrected chi connectivity index (χ1v) is 7.94. The molecule has 0 N–H and O–H groups in total. The average Bonchev–Trinajstić information content (AvgIpc) is 3.07. The van der Waals surface area contributed by atoms with E-state index >= 15 is 0 Å². The Morgan fingerprint density at radius 1 is 1.17 bits per heavy atom. The lowest BCUT2D eigenvalue weighted by molar-refractivity contribution is 0.0534. The number of carbonyl (C=O) groups is 1. The molecule has 1 saturated heterocycles. The number of halogens is 2. The molecule has 1 aromatic heterocycles. The van der Waals surface area contributed by atoms with E-state index in [1.54, 1.807) is 4.90 Å². The second-order valence-corrected chi connectivity index (χ2v) is 5.95. The highest BCUT2D eigenvalue weighted by atomic mass is 19.3. The molecule has 0 aliphatic carbocycles. The molecular formula is C17H20F2N4O. The Bertz CT molecular complexity index is 708. The summed E-state index contributed by atoms with van der Waals surface area (Å²) in [5, 5.41) is 3.65. The zero-order chi connectivity index (χ0) is 17.1. The molecule has 0 saturated carbocycles. The van der Waals surface area contributed by atoms with Gasteiger partial charge in [0.1, 0.15) is 0 Å². The van der Waals surface area contributed by atoms with Crippen molar-refractivity contribution in [1.29, 1.82) is 0 Å².